The van der Waals surface area contributed by atoms with Gasteiger partial charge in [0.25, 0.3) is 0 Å². The Hall–Kier alpha value is -1.49. The van der Waals surface area contributed by atoms with E-state index in [-0.39, 0.29) is 6.42 Å². The van der Waals surface area contributed by atoms with E-state index in [0.717, 1.165) is 0 Å². The normalized spacial score (nSPS) is 12.5. The van der Waals surface area contributed by atoms with E-state index in [1.54, 1.807) is 6.92 Å². The highest BCUT2D eigenvalue weighted by Gasteiger charge is 2.13. The topological polar surface area (TPSA) is 76.2 Å². The van der Waals surface area contributed by atoms with Crippen molar-refractivity contribution < 1.29 is 14.3 Å². The fourth-order valence-electron chi connectivity index (χ4n) is 1.22. The number of pyridine rings is 1. The fraction of sp³-hybridized carbons (Fsp3) is 0.333. The van der Waals surface area contributed by atoms with Crippen LogP contribution in [0.3, 0.4) is 0 Å². The van der Waals surface area contributed by atoms with Crippen molar-refractivity contribution in [1.29, 1.82) is 0 Å². The molecule has 0 aliphatic rings. The minimum absolute atomic E-state index is 0.186. The van der Waals surface area contributed by atoms with Gasteiger partial charge in [-0.15, -0.1) is 0 Å². The monoisotopic (exact) mass is 198 g/mol. The molecule has 0 amide bonds. The minimum atomic E-state index is -0.985. The number of halogens is 1. The van der Waals surface area contributed by atoms with Gasteiger partial charge in [-0.1, -0.05) is 0 Å². The van der Waals surface area contributed by atoms with E-state index < -0.39 is 18.0 Å². The molecule has 0 radical (unpaired) electrons. The van der Waals surface area contributed by atoms with Gasteiger partial charge in [-0.2, -0.15) is 4.39 Å². The number of nitrogens with zero attached hydrogens (tertiary/aromatic N) is 1. The largest absolute Gasteiger partial charge is 0.481 e. The maximum absolute atomic E-state index is 12.6. The Morgan fingerprint density at radius 1 is 1.79 bits per heavy atom. The zero-order chi connectivity index (χ0) is 10.7. The SMILES string of the molecule is Cc1cc(F)ncc1[C@H](N)CC(=O)O. The van der Waals surface area contributed by atoms with Crippen molar-refractivity contribution >= 4 is 5.97 Å². The van der Waals surface area contributed by atoms with Crippen LogP contribution in [0.15, 0.2) is 12.3 Å². The van der Waals surface area contributed by atoms with Crippen molar-refractivity contribution in [2.75, 3.05) is 0 Å². The predicted octanol–water partition coefficient (Wildman–Crippen LogP) is 1.00. The molecule has 0 aromatic carbocycles. The van der Waals surface area contributed by atoms with Gasteiger partial charge in [0.05, 0.1) is 6.42 Å². The van der Waals surface area contributed by atoms with Gasteiger partial charge in [0.15, 0.2) is 0 Å². The van der Waals surface area contributed by atoms with Crippen molar-refractivity contribution in [2.24, 2.45) is 5.73 Å². The molecular weight excluding hydrogens is 187 g/mol. The number of rotatable bonds is 3. The van der Waals surface area contributed by atoms with Crippen LogP contribution in [0.2, 0.25) is 0 Å². The maximum atomic E-state index is 12.6. The van der Waals surface area contributed by atoms with Crippen LogP contribution in [0.25, 0.3) is 0 Å². The van der Waals surface area contributed by atoms with Crippen LogP contribution in [0.1, 0.15) is 23.6 Å². The van der Waals surface area contributed by atoms with Gasteiger partial charge >= 0.3 is 5.97 Å². The second-order valence-electron chi connectivity index (χ2n) is 3.07. The second kappa shape index (κ2) is 4.15. The highest BCUT2D eigenvalue weighted by Crippen LogP contribution is 2.17. The van der Waals surface area contributed by atoms with E-state index in [1.807, 2.05) is 0 Å². The molecule has 0 aliphatic carbocycles. The summed E-state index contributed by atoms with van der Waals surface area (Å²) in [5.74, 6) is -1.57. The van der Waals surface area contributed by atoms with E-state index in [0.29, 0.717) is 11.1 Å². The number of carboxylic acid groups (broad SMARTS) is 1. The molecule has 5 heteroatoms. The summed E-state index contributed by atoms with van der Waals surface area (Å²) in [6.07, 6.45) is 1.09. The average Bonchev–Trinajstić information content (AvgIpc) is 2.01. The zero-order valence-electron chi connectivity index (χ0n) is 7.70. The number of carboxylic acids is 1. The first-order valence-electron chi connectivity index (χ1n) is 4.10. The molecule has 0 saturated heterocycles. The predicted molar refractivity (Wildman–Crippen MR) is 48.1 cm³/mol. The van der Waals surface area contributed by atoms with Gasteiger partial charge in [-0.05, 0) is 24.1 Å². The summed E-state index contributed by atoms with van der Waals surface area (Å²) in [5.41, 5.74) is 6.78. The Labute approximate surface area is 80.6 Å². The Morgan fingerprint density at radius 2 is 2.43 bits per heavy atom. The van der Waals surface area contributed by atoms with Crippen LogP contribution in [0.4, 0.5) is 4.39 Å². The van der Waals surface area contributed by atoms with Gasteiger partial charge in [0.1, 0.15) is 0 Å². The van der Waals surface area contributed by atoms with Gasteiger partial charge in [0, 0.05) is 12.2 Å². The molecule has 0 saturated carbocycles. The highest BCUT2D eigenvalue weighted by atomic mass is 19.1. The average molecular weight is 198 g/mol. The third-order valence-electron chi connectivity index (χ3n) is 1.91. The number of nitrogens with two attached hydrogens (primary N) is 1. The lowest BCUT2D eigenvalue weighted by Crippen LogP contribution is -2.16. The Kier molecular flexibility index (Phi) is 3.14. The Bertz CT molecular complexity index is 355. The molecule has 76 valence electrons. The van der Waals surface area contributed by atoms with Crippen LogP contribution in [0.5, 0.6) is 0 Å². The summed E-state index contributed by atoms with van der Waals surface area (Å²) in [4.78, 5) is 13.8. The van der Waals surface area contributed by atoms with Crippen molar-refractivity contribution in [1.82, 2.24) is 4.98 Å². The van der Waals surface area contributed by atoms with Gasteiger partial charge in [0.2, 0.25) is 5.95 Å². The van der Waals surface area contributed by atoms with Crippen molar-refractivity contribution in [2.45, 2.75) is 19.4 Å². The molecule has 0 fully saturated rings. The number of carbonyl (C=O) groups is 1. The van der Waals surface area contributed by atoms with Gasteiger partial charge < -0.3 is 10.8 Å². The van der Waals surface area contributed by atoms with Crippen molar-refractivity contribution in [3.05, 3.63) is 29.3 Å². The third kappa shape index (κ3) is 2.50. The standard InChI is InChI=1S/C9H11FN2O2/c1-5-2-8(10)12-4-6(5)7(11)3-9(13)14/h2,4,7H,3,11H2,1H3,(H,13,14)/t7-/m1/s1. The van der Waals surface area contributed by atoms with Crippen LogP contribution in [-0.4, -0.2) is 16.1 Å². The van der Waals surface area contributed by atoms with Crippen molar-refractivity contribution in [3.63, 3.8) is 0 Å². The van der Waals surface area contributed by atoms with Crippen LogP contribution in [-0.2, 0) is 4.79 Å². The molecule has 0 spiro atoms. The molecule has 0 bridgehead atoms. The smallest absolute Gasteiger partial charge is 0.305 e. The lowest BCUT2D eigenvalue weighted by molar-refractivity contribution is -0.137. The van der Waals surface area contributed by atoms with Crippen LogP contribution < -0.4 is 5.73 Å². The first-order chi connectivity index (χ1) is 6.50. The number of aryl methyl sites for hydroxylation is 1. The molecule has 4 nitrogen and oxygen atoms in total. The number of aromatic nitrogens is 1. The molecule has 1 aromatic heterocycles. The molecule has 3 N–H and O–H groups in total. The van der Waals surface area contributed by atoms with E-state index in [2.05, 4.69) is 4.98 Å². The summed E-state index contributed by atoms with van der Waals surface area (Å²) in [7, 11) is 0. The van der Waals surface area contributed by atoms with E-state index in [1.165, 1.54) is 12.3 Å². The third-order valence-corrected chi connectivity index (χ3v) is 1.91. The lowest BCUT2D eigenvalue weighted by Gasteiger charge is -2.11. The molecule has 0 aliphatic heterocycles. The van der Waals surface area contributed by atoms with Gasteiger partial charge in [-0.25, -0.2) is 4.98 Å². The minimum Gasteiger partial charge on any atom is -0.481 e. The fourth-order valence-corrected chi connectivity index (χ4v) is 1.22. The quantitative estimate of drug-likeness (QED) is 0.710. The molecule has 0 unspecified atom stereocenters. The Morgan fingerprint density at radius 3 is 2.93 bits per heavy atom. The maximum Gasteiger partial charge on any atom is 0.305 e. The lowest BCUT2D eigenvalue weighted by atomic mass is 10.0. The molecule has 1 atom stereocenters. The molecule has 1 aromatic rings. The first kappa shape index (κ1) is 10.6. The van der Waals surface area contributed by atoms with Crippen LogP contribution >= 0.6 is 0 Å². The zero-order valence-corrected chi connectivity index (χ0v) is 7.70. The van der Waals surface area contributed by atoms with Crippen LogP contribution in [0, 0.1) is 12.9 Å². The Balaban J connectivity index is 2.90. The summed E-state index contributed by atoms with van der Waals surface area (Å²) >= 11 is 0. The molecular formula is C9H11FN2O2. The van der Waals surface area contributed by atoms with E-state index >= 15 is 0 Å². The highest BCUT2D eigenvalue weighted by molar-refractivity contribution is 5.67. The summed E-state index contributed by atoms with van der Waals surface area (Å²) in [5, 5.41) is 8.52. The van der Waals surface area contributed by atoms with E-state index in [4.69, 9.17) is 10.8 Å². The number of aliphatic carboxylic acids is 1. The number of hydrogen-bond acceptors (Lipinski definition) is 3. The molecule has 1 heterocycles. The second-order valence-corrected chi connectivity index (χ2v) is 3.07. The molecule has 1 rings (SSSR count). The summed E-state index contributed by atoms with van der Waals surface area (Å²) < 4.78 is 12.6. The number of hydrogen-bond donors (Lipinski definition) is 2. The summed E-state index contributed by atoms with van der Waals surface area (Å²) in [6.45, 7) is 1.67. The van der Waals surface area contributed by atoms with Crippen molar-refractivity contribution in [3.8, 4) is 0 Å². The first-order valence-corrected chi connectivity index (χ1v) is 4.10. The van der Waals surface area contributed by atoms with Gasteiger partial charge in [-0.3, -0.25) is 4.79 Å². The van der Waals surface area contributed by atoms with E-state index in [9.17, 15) is 9.18 Å². The summed E-state index contributed by atoms with van der Waals surface area (Å²) in [6, 6.07) is 0.595. The molecule has 14 heavy (non-hydrogen) atoms.